The highest BCUT2D eigenvalue weighted by Crippen LogP contribution is 2.25. The summed E-state index contributed by atoms with van der Waals surface area (Å²) in [4.78, 5) is 12.0. The van der Waals surface area contributed by atoms with E-state index in [1.165, 1.54) is 17.7 Å². The smallest absolute Gasteiger partial charge is 0.493 e. The highest BCUT2D eigenvalue weighted by Gasteiger charge is 2.31. The number of carbonyl (C=O) groups is 1. The molecule has 0 saturated heterocycles. The first-order valence-corrected chi connectivity index (χ1v) is 9.38. The minimum atomic E-state index is -4.78. The highest BCUT2D eigenvalue weighted by atomic mass is 19.4. The number of nitrogens with one attached hydrogen (secondary N) is 1. The van der Waals surface area contributed by atoms with Crippen molar-refractivity contribution in [3.8, 4) is 11.5 Å². The summed E-state index contributed by atoms with van der Waals surface area (Å²) in [6.45, 7) is 6.77. The number of amides is 1. The zero-order chi connectivity index (χ0) is 21.5. The molecule has 0 radical (unpaired) electrons. The fourth-order valence-electron chi connectivity index (χ4n) is 2.53. The standard InChI is InChI=1S/C22H26F3NO3/c1-21(2,3)13-11-16-7-9-18(10-8-16)28-14-12-20(27)26-17-5-4-6-19(15-17)29-22(23,24)25/h4-10,15H,11-14H2,1-3H3,(H,26,27). The van der Waals surface area contributed by atoms with Crippen molar-refractivity contribution in [1.82, 2.24) is 0 Å². The van der Waals surface area contributed by atoms with Gasteiger partial charge in [0.1, 0.15) is 11.5 Å². The van der Waals surface area contributed by atoms with Gasteiger partial charge in [0.2, 0.25) is 5.91 Å². The van der Waals surface area contributed by atoms with Crippen LogP contribution in [0, 0.1) is 5.41 Å². The van der Waals surface area contributed by atoms with Gasteiger partial charge in [0.25, 0.3) is 0 Å². The van der Waals surface area contributed by atoms with Gasteiger partial charge >= 0.3 is 6.36 Å². The fraction of sp³-hybridized carbons (Fsp3) is 0.409. The third kappa shape index (κ3) is 9.36. The van der Waals surface area contributed by atoms with Crippen LogP contribution in [0.25, 0.3) is 0 Å². The molecule has 1 N–H and O–H groups in total. The van der Waals surface area contributed by atoms with E-state index in [0.717, 1.165) is 25.0 Å². The molecule has 0 bridgehead atoms. The van der Waals surface area contributed by atoms with Crippen LogP contribution in [0.4, 0.5) is 18.9 Å². The second-order valence-corrected chi connectivity index (χ2v) is 7.93. The third-order valence-corrected chi connectivity index (χ3v) is 4.04. The van der Waals surface area contributed by atoms with Crippen LogP contribution >= 0.6 is 0 Å². The van der Waals surface area contributed by atoms with Gasteiger partial charge in [0, 0.05) is 11.8 Å². The second-order valence-electron chi connectivity index (χ2n) is 7.93. The van der Waals surface area contributed by atoms with E-state index in [4.69, 9.17) is 4.74 Å². The van der Waals surface area contributed by atoms with Crippen molar-refractivity contribution < 1.29 is 27.4 Å². The van der Waals surface area contributed by atoms with Crippen LogP contribution in [0.2, 0.25) is 0 Å². The molecule has 0 aliphatic carbocycles. The number of hydrogen-bond donors (Lipinski definition) is 1. The van der Waals surface area contributed by atoms with Crippen LogP contribution in [0.1, 0.15) is 39.2 Å². The van der Waals surface area contributed by atoms with E-state index in [1.54, 1.807) is 0 Å². The number of aryl methyl sites for hydroxylation is 1. The number of alkyl halides is 3. The van der Waals surface area contributed by atoms with E-state index in [0.29, 0.717) is 5.75 Å². The lowest BCUT2D eigenvalue weighted by Gasteiger charge is -2.17. The first-order valence-electron chi connectivity index (χ1n) is 9.38. The van der Waals surface area contributed by atoms with Gasteiger partial charge in [-0.3, -0.25) is 4.79 Å². The maximum Gasteiger partial charge on any atom is 0.573 e. The van der Waals surface area contributed by atoms with Crippen molar-refractivity contribution in [3.63, 3.8) is 0 Å². The highest BCUT2D eigenvalue weighted by molar-refractivity contribution is 5.90. The van der Waals surface area contributed by atoms with E-state index in [-0.39, 0.29) is 30.0 Å². The van der Waals surface area contributed by atoms with E-state index in [1.807, 2.05) is 24.3 Å². The molecule has 0 aromatic heterocycles. The van der Waals surface area contributed by atoms with Crippen molar-refractivity contribution in [1.29, 1.82) is 0 Å². The van der Waals surface area contributed by atoms with E-state index in [9.17, 15) is 18.0 Å². The molecule has 0 aliphatic heterocycles. The predicted molar refractivity (Wildman–Crippen MR) is 106 cm³/mol. The topological polar surface area (TPSA) is 47.6 Å². The van der Waals surface area contributed by atoms with Crippen molar-refractivity contribution in [3.05, 3.63) is 54.1 Å². The zero-order valence-corrected chi connectivity index (χ0v) is 16.8. The molecule has 0 fully saturated rings. The maximum absolute atomic E-state index is 12.3. The molecule has 0 spiro atoms. The molecule has 0 saturated carbocycles. The molecule has 2 aromatic rings. The van der Waals surface area contributed by atoms with Crippen molar-refractivity contribution in [2.45, 2.75) is 46.4 Å². The van der Waals surface area contributed by atoms with Crippen LogP contribution in [-0.4, -0.2) is 18.9 Å². The summed E-state index contributed by atoms with van der Waals surface area (Å²) in [6, 6.07) is 12.9. The lowest BCUT2D eigenvalue weighted by atomic mass is 9.89. The fourth-order valence-corrected chi connectivity index (χ4v) is 2.53. The van der Waals surface area contributed by atoms with Crippen LogP contribution in [0.15, 0.2) is 48.5 Å². The maximum atomic E-state index is 12.3. The van der Waals surface area contributed by atoms with Crippen LogP contribution in [0.5, 0.6) is 11.5 Å². The summed E-state index contributed by atoms with van der Waals surface area (Å²) in [5.74, 6) is -0.0908. The Labute approximate surface area is 169 Å². The van der Waals surface area contributed by atoms with Gasteiger partial charge in [0.15, 0.2) is 0 Å². The first kappa shape index (κ1) is 22.6. The first-order chi connectivity index (χ1) is 13.5. The summed E-state index contributed by atoms with van der Waals surface area (Å²) in [5.41, 5.74) is 1.73. The number of ether oxygens (including phenoxy) is 2. The van der Waals surface area contributed by atoms with Crippen molar-refractivity contribution in [2.75, 3.05) is 11.9 Å². The molecule has 0 aliphatic rings. The molecule has 0 atom stereocenters. The Morgan fingerprint density at radius 1 is 1.00 bits per heavy atom. The number of benzene rings is 2. The second kappa shape index (κ2) is 9.67. The van der Waals surface area contributed by atoms with Crippen LogP contribution < -0.4 is 14.8 Å². The lowest BCUT2D eigenvalue weighted by Crippen LogP contribution is -2.18. The average Bonchev–Trinajstić information content (AvgIpc) is 2.59. The Morgan fingerprint density at radius 3 is 2.31 bits per heavy atom. The summed E-state index contributed by atoms with van der Waals surface area (Å²) in [6.07, 6.45) is -2.64. The molecule has 4 nitrogen and oxygen atoms in total. The Hall–Kier alpha value is -2.70. The molecule has 2 aromatic carbocycles. The van der Waals surface area contributed by atoms with E-state index >= 15 is 0 Å². The van der Waals surface area contributed by atoms with Crippen molar-refractivity contribution in [2.24, 2.45) is 5.41 Å². The molecule has 0 unspecified atom stereocenters. The number of halogens is 3. The molecule has 2 rings (SSSR count). The van der Waals surface area contributed by atoms with Gasteiger partial charge in [-0.2, -0.15) is 0 Å². The lowest BCUT2D eigenvalue weighted by molar-refractivity contribution is -0.274. The number of hydrogen-bond acceptors (Lipinski definition) is 3. The Bertz CT molecular complexity index is 796. The number of carbonyl (C=O) groups excluding carboxylic acids is 1. The number of rotatable bonds is 8. The predicted octanol–water partition coefficient (Wildman–Crippen LogP) is 5.97. The largest absolute Gasteiger partial charge is 0.573 e. The SMILES string of the molecule is CC(C)(C)CCc1ccc(OCCC(=O)Nc2cccc(OC(F)(F)F)c2)cc1. The minimum absolute atomic E-state index is 0.0656. The summed E-state index contributed by atoms with van der Waals surface area (Å²) >= 11 is 0. The van der Waals surface area contributed by atoms with E-state index < -0.39 is 12.1 Å². The third-order valence-electron chi connectivity index (χ3n) is 4.04. The normalized spacial score (nSPS) is 11.8. The van der Waals surface area contributed by atoms with Gasteiger partial charge in [-0.1, -0.05) is 39.0 Å². The average molecular weight is 409 g/mol. The van der Waals surface area contributed by atoms with Crippen LogP contribution in [0.3, 0.4) is 0 Å². The molecule has 7 heteroatoms. The summed E-state index contributed by atoms with van der Waals surface area (Å²) in [7, 11) is 0. The Morgan fingerprint density at radius 2 is 1.69 bits per heavy atom. The van der Waals surface area contributed by atoms with Crippen molar-refractivity contribution >= 4 is 11.6 Å². The quantitative estimate of drug-likeness (QED) is 0.584. The zero-order valence-electron chi connectivity index (χ0n) is 16.8. The molecule has 29 heavy (non-hydrogen) atoms. The minimum Gasteiger partial charge on any atom is -0.493 e. The van der Waals surface area contributed by atoms with Gasteiger partial charge < -0.3 is 14.8 Å². The molecule has 158 valence electrons. The van der Waals surface area contributed by atoms with Gasteiger partial charge in [-0.25, -0.2) is 0 Å². The van der Waals surface area contributed by atoms with Crippen LogP contribution in [-0.2, 0) is 11.2 Å². The van der Waals surface area contributed by atoms with E-state index in [2.05, 4.69) is 30.8 Å². The Kier molecular flexibility index (Phi) is 7.53. The monoisotopic (exact) mass is 409 g/mol. The molecular formula is C22H26F3NO3. The number of anilines is 1. The van der Waals surface area contributed by atoms with Gasteiger partial charge in [-0.05, 0) is 48.1 Å². The molecular weight excluding hydrogens is 383 g/mol. The van der Waals surface area contributed by atoms with Gasteiger partial charge in [-0.15, -0.1) is 13.2 Å². The summed E-state index contributed by atoms with van der Waals surface area (Å²) in [5, 5.41) is 2.53. The van der Waals surface area contributed by atoms with Gasteiger partial charge in [0.05, 0.1) is 13.0 Å². The molecule has 0 heterocycles. The Balaban J connectivity index is 1.76. The molecule has 1 amide bonds. The summed E-state index contributed by atoms with van der Waals surface area (Å²) < 4.78 is 46.2.